The normalized spacial score (nSPS) is 19.6. The molecule has 0 unspecified atom stereocenters. The van der Waals surface area contributed by atoms with Crippen molar-refractivity contribution in [2.75, 3.05) is 6.54 Å². The van der Waals surface area contributed by atoms with Gasteiger partial charge in [-0.3, -0.25) is 4.79 Å². The highest BCUT2D eigenvalue weighted by Crippen LogP contribution is 2.30. The van der Waals surface area contributed by atoms with Crippen LogP contribution in [0.15, 0.2) is 0 Å². The van der Waals surface area contributed by atoms with E-state index in [1.54, 1.807) is 0 Å². The van der Waals surface area contributed by atoms with Gasteiger partial charge in [0.1, 0.15) is 0 Å². The molecule has 2 heterocycles. The largest absolute Gasteiger partial charge is 0.341 e. The lowest BCUT2D eigenvalue weighted by molar-refractivity contribution is -0.131. The van der Waals surface area contributed by atoms with Crippen LogP contribution >= 0.6 is 23.6 Å². The van der Waals surface area contributed by atoms with Gasteiger partial charge in [0.2, 0.25) is 5.91 Å². The number of hydrogen-bond donors (Lipinski definition) is 1. The molecule has 1 fully saturated rings. The van der Waals surface area contributed by atoms with E-state index < -0.39 is 0 Å². The van der Waals surface area contributed by atoms with Gasteiger partial charge in [-0.05, 0) is 43.8 Å². The first kappa shape index (κ1) is 15.7. The molecule has 1 aliphatic heterocycles. The van der Waals surface area contributed by atoms with E-state index in [0.29, 0.717) is 12.5 Å². The van der Waals surface area contributed by atoms with E-state index in [-0.39, 0.29) is 11.3 Å². The molecule has 0 spiro atoms. The number of rotatable bonds is 3. The lowest BCUT2D eigenvalue weighted by atomic mass is 9.87. The van der Waals surface area contributed by atoms with Gasteiger partial charge < -0.3 is 9.88 Å². The van der Waals surface area contributed by atoms with Gasteiger partial charge in [-0.1, -0.05) is 20.8 Å². The Balaban J connectivity index is 2.04. The van der Waals surface area contributed by atoms with Gasteiger partial charge in [0.25, 0.3) is 0 Å². The Labute approximate surface area is 130 Å². The predicted octanol–water partition coefficient (Wildman–Crippen LogP) is 4.08. The molecule has 0 radical (unpaired) electrons. The van der Waals surface area contributed by atoms with Crippen molar-refractivity contribution in [3.63, 3.8) is 0 Å². The smallest absolute Gasteiger partial charge is 0.228 e. The molecule has 0 bridgehead atoms. The van der Waals surface area contributed by atoms with Crippen LogP contribution in [-0.4, -0.2) is 28.4 Å². The van der Waals surface area contributed by atoms with E-state index in [9.17, 15) is 4.79 Å². The van der Waals surface area contributed by atoms with Gasteiger partial charge in [0.05, 0.1) is 6.42 Å². The molecular weight excluding hydrogens is 288 g/mol. The zero-order chi connectivity index (χ0) is 14.9. The molecule has 0 aliphatic carbocycles. The molecule has 1 atom stereocenters. The second kappa shape index (κ2) is 5.98. The van der Waals surface area contributed by atoms with E-state index in [4.69, 9.17) is 12.2 Å². The third kappa shape index (κ3) is 3.92. The van der Waals surface area contributed by atoms with Crippen molar-refractivity contribution in [1.82, 2.24) is 9.88 Å². The quantitative estimate of drug-likeness (QED) is 0.854. The molecule has 1 aromatic rings. The number of aromatic amines is 1. The molecule has 5 heteroatoms. The highest BCUT2D eigenvalue weighted by molar-refractivity contribution is 7.73. The Morgan fingerprint density at radius 1 is 1.50 bits per heavy atom. The monoisotopic (exact) mass is 312 g/mol. The zero-order valence-electron chi connectivity index (χ0n) is 12.8. The van der Waals surface area contributed by atoms with Crippen LogP contribution in [0.1, 0.15) is 50.6 Å². The number of amides is 1. The van der Waals surface area contributed by atoms with Crippen LogP contribution in [0.5, 0.6) is 0 Å². The summed E-state index contributed by atoms with van der Waals surface area (Å²) in [5, 5.41) is 0. The van der Waals surface area contributed by atoms with E-state index in [0.717, 1.165) is 40.3 Å². The number of nitrogens with one attached hydrogen (secondary N) is 1. The Morgan fingerprint density at radius 3 is 2.75 bits per heavy atom. The van der Waals surface area contributed by atoms with Crippen molar-refractivity contribution in [2.45, 2.75) is 59.4 Å². The summed E-state index contributed by atoms with van der Waals surface area (Å²) < 4.78 is 0.762. The summed E-state index contributed by atoms with van der Waals surface area (Å²) in [7, 11) is 0. The molecule has 1 aliphatic rings. The summed E-state index contributed by atoms with van der Waals surface area (Å²) in [5.74, 6) is 0.255. The second-order valence-corrected chi connectivity index (χ2v) is 8.66. The van der Waals surface area contributed by atoms with Crippen molar-refractivity contribution >= 4 is 29.5 Å². The number of aryl methyl sites for hydroxylation is 1. The van der Waals surface area contributed by atoms with Crippen LogP contribution in [-0.2, 0) is 11.2 Å². The molecule has 3 nitrogen and oxygen atoms in total. The van der Waals surface area contributed by atoms with Gasteiger partial charge in [0.15, 0.2) is 3.95 Å². The first-order valence-electron chi connectivity index (χ1n) is 7.24. The molecular formula is C15H24N2OS2. The Bertz CT molecular complexity index is 539. The fourth-order valence-corrected chi connectivity index (χ4v) is 4.21. The first-order chi connectivity index (χ1) is 9.26. The Hall–Kier alpha value is -0.680. The average molecular weight is 313 g/mol. The Kier molecular flexibility index (Phi) is 4.69. The van der Waals surface area contributed by atoms with E-state index >= 15 is 0 Å². The number of aromatic nitrogens is 1. The zero-order valence-corrected chi connectivity index (χ0v) is 14.4. The minimum absolute atomic E-state index is 0.255. The highest BCUT2D eigenvalue weighted by atomic mass is 32.1. The lowest BCUT2D eigenvalue weighted by Gasteiger charge is -2.30. The van der Waals surface area contributed by atoms with E-state index in [2.05, 4.69) is 30.7 Å². The van der Waals surface area contributed by atoms with E-state index in [1.165, 1.54) is 11.3 Å². The molecule has 2 rings (SSSR count). The maximum Gasteiger partial charge on any atom is 0.228 e. The third-order valence-electron chi connectivity index (χ3n) is 3.78. The SMILES string of the molecule is Cc1[nH]c(=S)sc1CC(=O)N1CCC[C@H]1CC(C)(C)C. The van der Waals surface area contributed by atoms with Crippen molar-refractivity contribution < 1.29 is 4.79 Å². The van der Waals surface area contributed by atoms with Crippen LogP contribution in [0.2, 0.25) is 0 Å². The highest BCUT2D eigenvalue weighted by Gasteiger charge is 2.31. The maximum atomic E-state index is 12.6. The number of H-pyrrole nitrogens is 1. The summed E-state index contributed by atoms with van der Waals surface area (Å²) >= 11 is 6.67. The van der Waals surface area contributed by atoms with Crippen molar-refractivity contribution in [3.8, 4) is 0 Å². The maximum absolute atomic E-state index is 12.6. The summed E-state index contributed by atoms with van der Waals surface area (Å²) in [5.41, 5.74) is 1.31. The number of likely N-dealkylation sites (tertiary alicyclic amines) is 1. The molecule has 0 aromatic carbocycles. The van der Waals surface area contributed by atoms with Gasteiger partial charge >= 0.3 is 0 Å². The predicted molar refractivity (Wildman–Crippen MR) is 86.8 cm³/mol. The minimum atomic E-state index is 0.255. The standard InChI is InChI=1S/C15H24N2OS2/c1-10-12(20-14(19)16-10)8-13(18)17-7-5-6-11(17)9-15(2,3)4/h11H,5-9H2,1-4H3,(H,16,19)/t11-/m0/s1. The minimum Gasteiger partial charge on any atom is -0.341 e. The molecule has 0 saturated carbocycles. The van der Waals surface area contributed by atoms with Crippen LogP contribution < -0.4 is 0 Å². The fraction of sp³-hybridized carbons (Fsp3) is 0.733. The van der Waals surface area contributed by atoms with E-state index in [1.807, 2.05) is 6.92 Å². The fourth-order valence-electron chi connectivity index (χ4n) is 2.93. The number of nitrogens with zero attached hydrogens (tertiary/aromatic N) is 1. The molecule has 1 amide bonds. The number of carbonyl (C=O) groups is 1. The number of hydrogen-bond acceptors (Lipinski definition) is 3. The van der Waals surface area contributed by atoms with Crippen molar-refractivity contribution in [3.05, 3.63) is 14.5 Å². The van der Waals surface area contributed by atoms with Gasteiger partial charge in [-0.2, -0.15) is 0 Å². The molecule has 112 valence electrons. The topological polar surface area (TPSA) is 36.1 Å². The summed E-state index contributed by atoms with van der Waals surface area (Å²) in [6.07, 6.45) is 3.85. The molecule has 1 aromatic heterocycles. The van der Waals surface area contributed by atoms with Crippen LogP contribution in [0.3, 0.4) is 0 Å². The Morgan fingerprint density at radius 2 is 2.20 bits per heavy atom. The number of carbonyl (C=O) groups excluding carboxylic acids is 1. The lowest BCUT2D eigenvalue weighted by Crippen LogP contribution is -2.38. The number of thiazole rings is 1. The van der Waals surface area contributed by atoms with Crippen LogP contribution in [0.25, 0.3) is 0 Å². The molecule has 20 heavy (non-hydrogen) atoms. The molecule has 1 saturated heterocycles. The van der Waals surface area contributed by atoms with Crippen LogP contribution in [0.4, 0.5) is 0 Å². The van der Waals surface area contributed by atoms with Crippen LogP contribution in [0, 0.1) is 16.3 Å². The van der Waals surface area contributed by atoms with Crippen molar-refractivity contribution in [1.29, 1.82) is 0 Å². The van der Waals surface area contributed by atoms with Gasteiger partial charge in [-0.25, -0.2) is 0 Å². The summed E-state index contributed by atoms with van der Waals surface area (Å²) in [6, 6.07) is 0.412. The van der Waals surface area contributed by atoms with Gasteiger partial charge in [0, 0.05) is 23.2 Å². The summed E-state index contributed by atoms with van der Waals surface area (Å²) in [4.78, 5) is 18.8. The third-order valence-corrected chi connectivity index (χ3v) is 5.12. The molecule has 1 N–H and O–H groups in total. The second-order valence-electron chi connectivity index (χ2n) is 6.89. The first-order valence-corrected chi connectivity index (χ1v) is 8.47. The van der Waals surface area contributed by atoms with Crippen molar-refractivity contribution in [2.24, 2.45) is 5.41 Å². The van der Waals surface area contributed by atoms with Gasteiger partial charge in [-0.15, -0.1) is 11.3 Å². The average Bonchev–Trinajstić information content (AvgIpc) is 2.84. The summed E-state index contributed by atoms with van der Waals surface area (Å²) in [6.45, 7) is 9.64.